The van der Waals surface area contributed by atoms with Gasteiger partial charge in [0.25, 0.3) is 0 Å². The van der Waals surface area contributed by atoms with E-state index in [0.29, 0.717) is 5.56 Å². The topological polar surface area (TPSA) is 82.1 Å². The number of carbonyl (C=O) groups is 2. The van der Waals surface area contributed by atoms with Crippen LogP contribution in [0.5, 0.6) is 17.2 Å². The normalized spacial score (nSPS) is 11.3. The lowest BCUT2D eigenvalue weighted by Gasteiger charge is -2.11. The molecule has 0 amide bonds. The predicted molar refractivity (Wildman–Crippen MR) is 92.6 cm³/mol. The Balaban J connectivity index is 2.08. The maximum atomic E-state index is 12.2. The highest BCUT2D eigenvalue weighted by Gasteiger charge is 2.28. The molecule has 0 aromatic heterocycles. The quantitative estimate of drug-likeness (QED) is 0.434. The van der Waals surface area contributed by atoms with E-state index in [1.165, 1.54) is 55.7 Å². The third-order valence-electron chi connectivity index (χ3n) is 3.30. The summed E-state index contributed by atoms with van der Waals surface area (Å²) in [5, 5.41) is 8.64. The van der Waals surface area contributed by atoms with Crippen LogP contribution < -0.4 is 14.2 Å². The lowest BCUT2D eigenvalue weighted by Crippen LogP contribution is -2.19. The Morgan fingerprint density at radius 2 is 1.75 bits per heavy atom. The largest absolute Gasteiger partial charge is 0.493 e. The molecule has 2 aromatic carbocycles. The van der Waals surface area contributed by atoms with Gasteiger partial charge in [-0.05, 0) is 48.0 Å². The minimum Gasteiger partial charge on any atom is -0.493 e. The summed E-state index contributed by atoms with van der Waals surface area (Å²) in [5.41, 5.74) is 0.612. The number of aliphatic carboxylic acids is 1. The Morgan fingerprint density at radius 3 is 2.32 bits per heavy atom. The number of alkyl halides is 3. The van der Waals surface area contributed by atoms with Gasteiger partial charge in [0.1, 0.15) is 5.75 Å². The first-order chi connectivity index (χ1) is 13.2. The molecule has 0 bridgehead atoms. The SMILES string of the molecule is COc1cc(/C=C/C(=O)O)ccc1OC(=O)c1ccc(OCC(F)(F)F)cc1. The second-order valence-electron chi connectivity index (χ2n) is 5.40. The van der Waals surface area contributed by atoms with Crippen LogP contribution in [0.4, 0.5) is 13.2 Å². The van der Waals surface area contributed by atoms with Gasteiger partial charge < -0.3 is 19.3 Å². The first-order valence-electron chi connectivity index (χ1n) is 7.79. The van der Waals surface area contributed by atoms with Crippen LogP contribution in [0.1, 0.15) is 15.9 Å². The Morgan fingerprint density at radius 1 is 1.07 bits per heavy atom. The van der Waals surface area contributed by atoms with Gasteiger partial charge in [-0.25, -0.2) is 9.59 Å². The minimum absolute atomic E-state index is 0.0407. The fraction of sp³-hybridized carbons (Fsp3) is 0.158. The van der Waals surface area contributed by atoms with Gasteiger partial charge in [-0.15, -0.1) is 0 Å². The first-order valence-corrected chi connectivity index (χ1v) is 7.79. The molecule has 0 heterocycles. The number of ether oxygens (including phenoxy) is 3. The van der Waals surface area contributed by atoms with Gasteiger partial charge in [0, 0.05) is 6.08 Å². The minimum atomic E-state index is -4.46. The summed E-state index contributed by atoms with van der Waals surface area (Å²) in [4.78, 5) is 22.8. The highest BCUT2D eigenvalue weighted by Crippen LogP contribution is 2.29. The molecule has 28 heavy (non-hydrogen) atoms. The average molecular weight is 396 g/mol. The number of rotatable bonds is 7. The Bertz CT molecular complexity index is 872. The van der Waals surface area contributed by atoms with E-state index in [0.717, 1.165) is 6.08 Å². The number of carbonyl (C=O) groups excluding carboxylic acids is 1. The zero-order valence-corrected chi connectivity index (χ0v) is 14.5. The molecule has 0 atom stereocenters. The molecule has 0 unspecified atom stereocenters. The highest BCUT2D eigenvalue weighted by atomic mass is 19.4. The molecule has 0 aliphatic carbocycles. The van der Waals surface area contributed by atoms with Crippen LogP contribution in [0.2, 0.25) is 0 Å². The van der Waals surface area contributed by atoms with E-state index in [9.17, 15) is 22.8 Å². The first kappa shape index (κ1) is 20.8. The summed E-state index contributed by atoms with van der Waals surface area (Å²) in [7, 11) is 1.35. The Kier molecular flexibility index (Phi) is 6.64. The van der Waals surface area contributed by atoms with E-state index in [2.05, 4.69) is 4.74 Å². The van der Waals surface area contributed by atoms with Crippen molar-refractivity contribution >= 4 is 18.0 Å². The summed E-state index contributed by atoms with van der Waals surface area (Å²) in [5.74, 6) is -1.61. The number of hydrogen-bond donors (Lipinski definition) is 1. The summed E-state index contributed by atoms with van der Waals surface area (Å²) >= 11 is 0. The smallest absolute Gasteiger partial charge is 0.422 e. The molecule has 0 saturated heterocycles. The van der Waals surface area contributed by atoms with Crippen molar-refractivity contribution in [3.8, 4) is 17.2 Å². The van der Waals surface area contributed by atoms with Crippen LogP contribution in [0.3, 0.4) is 0 Å². The van der Waals surface area contributed by atoms with Gasteiger partial charge in [-0.1, -0.05) is 6.07 Å². The van der Waals surface area contributed by atoms with Gasteiger partial charge in [-0.3, -0.25) is 0 Å². The maximum Gasteiger partial charge on any atom is 0.422 e. The number of esters is 1. The van der Waals surface area contributed by atoms with Crippen molar-refractivity contribution < 1.29 is 42.1 Å². The van der Waals surface area contributed by atoms with Crippen molar-refractivity contribution in [3.05, 3.63) is 59.7 Å². The maximum absolute atomic E-state index is 12.2. The molecular formula is C19H15F3O6. The van der Waals surface area contributed by atoms with Crippen LogP contribution in [-0.2, 0) is 4.79 Å². The number of methoxy groups -OCH3 is 1. The summed E-state index contributed by atoms with van der Waals surface area (Å²) in [6.45, 7) is -1.43. The van der Waals surface area contributed by atoms with E-state index in [4.69, 9.17) is 14.6 Å². The monoisotopic (exact) mass is 396 g/mol. The van der Waals surface area contributed by atoms with Gasteiger partial charge in [0.05, 0.1) is 12.7 Å². The Hall–Kier alpha value is -3.49. The zero-order valence-electron chi connectivity index (χ0n) is 14.5. The molecule has 2 aromatic rings. The fourth-order valence-corrected chi connectivity index (χ4v) is 2.05. The van der Waals surface area contributed by atoms with E-state index in [-0.39, 0.29) is 22.8 Å². The second kappa shape index (κ2) is 8.94. The number of hydrogen-bond acceptors (Lipinski definition) is 5. The highest BCUT2D eigenvalue weighted by molar-refractivity contribution is 5.91. The second-order valence-corrected chi connectivity index (χ2v) is 5.40. The molecule has 2 rings (SSSR count). The average Bonchev–Trinajstić information content (AvgIpc) is 2.65. The molecule has 0 fully saturated rings. The van der Waals surface area contributed by atoms with Crippen LogP contribution in [0.15, 0.2) is 48.5 Å². The molecule has 0 aliphatic heterocycles. The van der Waals surface area contributed by atoms with E-state index < -0.39 is 24.7 Å². The summed E-state index contributed by atoms with van der Waals surface area (Å²) in [6, 6.07) is 9.42. The van der Waals surface area contributed by atoms with Crippen LogP contribution >= 0.6 is 0 Å². The molecule has 0 aliphatic rings. The number of halogens is 3. The van der Waals surface area contributed by atoms with Crippen LogP contribution in [-0.4, -0.2) is 36.9 Å². The Labute approximate surface area is 157 Å². The van der Waals surface area contributed by atoms with Gasteiger partial charge in [0.2, 0.25) is 0 Å². The molecule has 6 nitrogen and oxygen atoms in total. The van der Waals surface area contributed by atoms with Crippen molar-refractivity contribution in [3.63, 3.8) is 0 Å². The fourth-order valence-electron chi connectivity index (χ4n) is 2.05. The summed E-state index contributed by atoms with van der Waals surface area (Å²) in [6.07, 6.45) is -2.17. The molecule has 0 saturated carbocycles. The predicted octanol–water partition coefficient (Wildman–Crippen LogP) is 3.95. The lowest BCUT2D eigenvalue weighted by molar-refractivity contribution is -0.153. The summed E-state index contributed by atoms with van der Waals surface area (Å²) < 4.78 is 51.3. The van der Waals surface area contributed by atoms with Crippen molar-refractivity contribution in [2.75, 3.05) is 13.7 Å². The van der Waals surface area contributed by atoms with Gasteiger partial charge >= 0.3 is 18.1 Å². The van der Waals surface area contributed by atoms with Gasteiger partial charge in [0.15, 0.2) is 18.1 Å². The van der Waals surface area contributed by atoms with Crippen LogP contribution in [0, 0.1) is 0 Å². The van der Waals surface area contributed by atoms with E-state index in [1.807, 2.05) is 0 Å². The number of carboxylic acid groups (broad SMARTS) is 1. The van der Waals surface area contributed by atoms with Crippen molar-refractivity contribution in [1.29, 1.82) is 0 Å². The van der Waals surface area contributed by atoms with Crippen molar-refractivity contribution in [1.82, 2.24) is 0 Å². The number of benzene rings is 2. The molecule has 9 heteroatoms. The van der Waals surface area contributed by atoms with Crippen molar-refractivity contribution in [2.24, 2.45) is 0 Å². The third kappa shape index (κ3) is 6.35. The lowest BCUT2D eigenvalue weighted by atomic mass is 10.2. The molecular weight excluding hydrogens is 381 g/mol. The van der Waals surface area contributed by atoms with E-state index in [1.54, 1.807) is 0 Å². The molecule has 1 N–H and O–H groups in total. The van der Waals surface area contributed by atoms with Gasteiger partial charge in [-0.2, -0.15) is 13.2 Å². The molecule has 0 spiro atoms. The van der Waals surface area contributed by atoms with Crippen LogP contribution in [0.25, 0.3) is 6.08 Å². The molecule has 148 valence electrons. The van der Waals surface area contributed by atoms with E-state index >= 15 is 0 Å². The number of carboxylic acids is 1. The standard InChI is InChI=1S/C19H15F3O6/c1-26-16-10-12(3-9-17(23)24)2-8-15(16)28-18(25)13-4-6-14(7-5-13)27-11-19(20,21)22/h2-10H,11H2,1H3,(H,23,24)/b9-3+. The molecule has 0 radical (unpaired) electrons. The van der Waals surface area contributed by atoms with Crippen molar-refractivity contribution in [2.45, 2.75) is 6.18 Å². The third-order valence-corrected chi connectivity index (χ3v) is 3.30. The zero-order chi connectivity index (χ0) is 20.7.